The van der Waals surface area contributed by atoms with Crippen molar-refractivity contribution >= 4 is 11.7 Å². The number of rotatable bonds is 7. The molecule has 0 spiro atoms. The van der Waals surface area contributed by atoms with Gasteiger partial charge in [0.2, 0.25) is 0 Å². The van der Waals surface area contributed by atoms with Crippen molar-refractivity contribution < 1.29 is 9.53 Å². The van der Waals surface area contributed by atoms with Crippen LogP contribution in [0.5, 0.6) is 0 Å². The molecular weight excluding hydrogens is 316 g/mol. The highest BCUT2D eigenvalue weighted by Gasteiger charge is 2.22. The molecule has 136 valence electrons. The van der Waals surface area contributed by atoms with E-state index in [1.807, 2.05) is 71.3 Å². The maximum Gasteiger partial charge on any atom is 0.319 e. The largest absolute Gasteiger partial charge is 0.374 e. The second kappa shape index (κ2) is 8.16. The number of benzene rings is 1. The van der Waals surface area contributed by atoms with Crippen LogP contribution in [0.3, 0.4) is 0 Å². The van der Waals surface area contributed by atoms with Crippen LogP contribution in [0.25, 0.3) is 0 Å². The molecule has 2 aromatic rings. The second-order valence-electron chi connectivity index (χ2n) is 7.20. The number of hydrogen-bond acceptors (Lipinski definition) is 3. The van der Waals surface area contributed by atoms with E-state index in [4.69, 9.17) is 4.74 Å². The number of nitrogens with zero attached hydrogens (tertiary/aromatic N) is 2. The highest BCUT2D eigenvalue weighted by atomic mass is 16.5. The SMILES string of the molecule is CC(C)c1nn(C)cc1NC(=O)NC(C)(C)COCc1ccccc1. The standard InChI is InChI=1S/C19H28N4O2/c1-14(2)17-16(11-23(5)22-17)20-18(24)21-19(3,4)13-25-12-15-9-7-6-8-10-15/h6-11,14H,12-13H2,1-5H3,(H2,20,21,24). The summed E-state index contributed by atoms with van der Waals surface area (Å²) in [6.45, 7) is 8.90. The Morgan fingerprint density at radius 3 is 2.60 bits per heavy atom. The van der Waals surface area contributed by atoms with E-state index < -0.39 is 5.54 Å². The van der Waals surface area contributed by atoms with E-state index in [1.165, 1.54) is 0 Å². The fourth-order valence-corrected chi connectivity index (χ4v) is 2.52. The Kier molecular flexibility index (Phi) is 6.20. The monoisotopic (exact) mass is 344 g/mol. The molecule has 0 aliphatic carbocycles. The molecule has 0 radical (unpaired) electrons. The summed E-state index contributed by atoms with van der Waals surface area (Å²) in [5.41, 5.74) is 2.23. The summed E-state index contributed by atoms with van der Waals surface area (Å²) >= 11 is 0. The van der Waals surface area contributed by atoms with Crippen molar-refractivity contribution in [3.63, 3.8) is 0 Å². The molecule has 2 rings (SSSR count). The predicted octanol–water partition coefficient (Wildman–Crippen LogP) is 3.66. The van der Waals surface area contributed by atoms with Gasteiger partial charge in [-0.25, -0.2) is 4.79 Å². The lowest BCUT2D eigenvalue weighted by atomic mass is 10.1. The number of carbonyl (C=O) groups is 1. The van der Waals surface area contributed by atoms with Crippen LogP contribution in [0.15, 0.2) is 36.5 Å². The van der Waals surface area contributed by atoms with E-state index in [1.54, 1.807) is 4.68 Å². The molecule has 2 N–H and O–H groups in total. The van der Waals surface area contributed by atoms with Crippen LogP contribution in [-0.4, -0.2) is 28.0 Å². The van der Waals surface area contributed by atoms with Gasteiger partial charge in [0.25, 0.3) is 0 Å². The number of amides is 2. The molecule has 0 aliphatic rings. The molecule has 1 aromatic heterocycles. The number of carbonyl (C=O) groups excluding carboxylic acids is 1. The van der Waals surface area contributed by atoms with Crippen LogP contribution in [0.1, 0.15) is 44.9 Å². The highest BCUT2D eigenvalue weighted by Crippen LogP contribution is 2.22. The van der Waals surface area contributed by atoms with Gasteiger partial charge in [-0.3, -0.25) is 4.68 Å². The zero-order valence-electron chi connectivity index (χ0n) is 15.7. The lowest BCUT2D eigenvalue weighted by molar-refractivity contribution is 0.0753. The first kappa shape index (κ1) is 19.0. The Bertz CT molecular complexity index is 693. The average molecular weight is 344 g/mol. The Balaban J connectivity index is 1.86. The Labute approximate surface area is 149 Å². The number of hydrogen-bond donors (Lipinski definition) is 2. The van der Waals surface area contributed by atoms with Crippen molar-refractivity contribution in [3.8, 4) is 0 Å². The lowest BCUT2D eigenvalue weighted by Gasteiger charge is -2.26. The molecule has 0 unspecified atom stereocenters. The smallest absolute Gasteiger partial charge is 0.319 e. The number of anilines is 1. The Morgan fingerprint density at radius 2 is 1.96 bits per heavy atom. The van der Waals surface area contributed by atoms with Gasteiger partial charge in [0.1, 0.15) is 0 Å². The first-order valence-electron chi connectivity index (χ1n) is 8.51. The molecule has 0 bridgehead atoms. The molecule has 1 aromatic carbocycles. The molecule has 2 amide bonds. The minimum Gasteiger partial charge on any atom is -0.374 e. The first-order chi connectivity index (χ1) is 11.8. The summed E-state index contributed by atoms with van der Waals surface area (Å²) in [6.07, 6.45) is 1.81. The van der Waals surface area contributed by atoms with Gasteiger partial charge in [-0.2, -0.15) is 5.10 Å². The number of aromatic nitrogens is 2. The van der Waals surface area contributed by atoms with Gasteiger partial charge < -0.3 is 15.4 Å². The van der Waals surface area contributed by atoms with Gasteiger partial charge >= 0.3 is 6.03 Å². The molecule has 0 atom stereocenters. The maximum absolute atomic E-state index is 12.3. The summed E-state index contributed by atoms with van der Waals surface area (Å²) in [4.78, 5) is 12.3. The Hall–Kier alpha value is -2.34. The third-order valence-electron chi connectivity index (χ3n) is 3.68. The number of ether oxygens (including phenoxy) is 1. The molecular formula is C19H28N4O2. The highest BCUT2D eigenvalue weighted by molar-refractivity contribution is 5.90. The Morgan fingerprint density at radius 1 is 1.28 bits per heavy atom. The minimum atomic E-state index is -0.487. The quantitative estimate of drug-likeness (QED) is 0.805. The molecule has 1 heterocycles. The predicted molar refractivity (Wildman–Crippen MR) is 99.6 cm³/mol. The summed E-state index contributed by atoms with van der Waals surface area (Å²) in [6, 6.07) is 9.71. The van der Waals surface area contributed by atoms with E-state index >= 15 is 0 Å². The van der Waals surface area contributed by atoms with Crippen LogP contribution in [-0.2, 0) is 18.4 Å². The molecule has 0 saturated heterocycles. The third-order valence-corrected chi connectivity index (χ3v) is 3.68. The van der Waals surface area contributed by atoms with Crippen LogP contribution in [0, 0.1) is 0 Å². The van der Waals surface area contributed by atoms with E-state index in [2.05, 4.69) is 15.7 Å². The van der Waals surface area contributed by atoms with Gasteiger partial charge in [-0.05, 0) is 25.3 Å². The second-order valence-corrected chi connectivity index (χ2v) is 7.20. The normalized spacial score (nSPS) is 11.6. The zero-order chi connectivity index (χ0) is 18.4. The van der Waals surface area contributed by atoms with Crippen molar-refractivity contribution in [2.45, 2.75) is 45.8 Å². The zero-order valence-corrected chi connectivity index (χ0v) is 15.7. The lowest BCUT2D eigenvalue weighted by Crippen LogP contribution is -2.48. The molecule has 6 nitrogen and oxygen atoms in total. The van der Waals surface area contributed by atoms with Crippen molar-refractivity contribution in [2.75, 3.05) is 11.9 Å². The van der Waals surface area contributed by atoms with Gasteiger partial charge in [-0.15, -0.1) is 0 Å². The van der Waals surface area contributed by atoms with E-state index in [0.29, 0.717) is 13.2 Å². The van der Waals surface area contributed by atoms with Crippen molar-refractivity contribution in [1.29, 1.82) is 0 Å². The van der Waals surface area contributed by atoms with E-state index in [0.717, 1.165) is 16.9 Å². The van der Waals surface area contributed by atoms with Crippen LogP contribution >= 0.6 is 0 Å². The van der Waals surface area contributed by atoms with Crippen LogP contribution < -0.4 is 10.6 Å². The number of aryl methyl sites for hydroxylation is 1. The van der Waals surface area contributed by atoms with E-state index in [9.17, 15) is 4.79 Å². The van der Waals surface area contributed by atoms with Crippen molar-refractivity contribution in [3.05, 3.63) is 47.8 Å². The van der Waals surface area contributed by atoms with Crippen molar-refractivity contribution in [2.24, 2.45) is 7.05 Å². The van der Waals surface area contributed by atoms with Gasteiger partial charge in [-0.1, -0.05) is 44.2 Å². The fourth-order valence-electron chi connectivity index (χ4n) is 2.52. The molecule has 0 fully saturated rings. The van der Waals surface area contributed by atoms with Gasteiger partial charge in [0.05, 0.1) is 30.1 Å². The van der Waals surface area contributed by atoms with Crippen LogP contribution in [0.2, 0.25) is 0 Å². The minimum absolute atomic E-state index is 0.235. The van der Waals surface area contributed by atoms with Crippen molar-refractivity contribution in [1.82, 2.24) is 15.1 Å². The number of nitrogens with one attached hydrogen (secondary N) is 2. The topological polar surface area (TPSA) is 68.2 Å². The average Bonchev–Trinajstić information content (AvgIpc) is 2.88. The molecule has 25 heavy (non-hydrogen) atoms. The van der Waals surface area contributed by atoms with Gasteiger partial charge in [0, 0.05) is 13.2 Å². The first-order valence-corrected chi connectivity index (χ1v) is 8.51. The summed E-state index contributed by atoms with van der Waals surface area (Å²) in [5, 5.41) is 10.2. The summed E-state index contributed by atoms with van der Waals surface area (Å²) < 4.78 is 7.45. The summed E-state index contributed by atoms with van der Waals surface area (Å²) in [5.74, 6) is 0.235. The van der Waals surface area contributed by atoms with Crippen LogP contribution in [0.4, 0.5) is 10.5 Å². The molecule has 6 heteroatoms. The third kappa shape index (κ3) is 5.90. The fraction of sp³-hybridized carbons (Fsp3) is 0.474. The maximum atomic E-state index is 12.3. The van der Waals surface area contributed by atoms with Gasteiger partial charge in [0.15, 0.2) is 0 Å². The molecule has 0 saturated carbocycles. The number of urea groups is 1. The molecule has 0 aliphatic heterocycles. The van der Waals surface area contributed by atoms with E-state index in [-0.39, 0.29) is 11.9 Å². The summed E-state index contributed by atoms with van der Waals surface area (Å²) in [7, 11) is 1.84.